The number of fused-ring (bicyclic) bond motifs is 2. The second kappa shape index (κ2) is 7.68. The molecule has 1 aliphatic rings. The van der Waals surface area contributed by atoms with E-state index in [-0.39, 0.29) is 17.5 Å². The van der Waals surface area contributed by atoms with Crippen molar-refractivity contribution in [1.29, 1.82) is 0 Å². The van der Waals surface area contributed by atoms with E-state index >= 15 is 0 Å². The van der Waals surface area contributed by atoms with Crippen LogP contribution in [-0.2, 0) is 0 Å². The normalized spacial score (nSPS) is 12.5. The Hall–Kier alpha value is -3.18. The molecule has 1 N–H and O–H groups in total. The van der Waals surface area contributed by atoms with E-state index in [1.54, 1.807) is 60.3 Å². The Labute approximate surface area is 173 Å². The summed E-state index contributed by atoms with van der Waals surface area (Å²) < 4.78 is 0. The second-order valence-electron chi connectivity index (χ2n) is 7.11. The highest BCUT2D eigenvalue weighted by atomic mass is 32.2. The minimum absolute atomic E-state index is 0.175. The number of rotatable bonds is 4. The summed E-state index contributed by atoms with van der Waals surface area (Å²) in [5.41, 5.74) is 2.52. The standard InChI is InChI=1S/C24H19NO3S/c1-14(2)29-17-7-5-6-15(12-17)24(28)25-16-10-11-20-21(13-16)23(27)19-9-4-3-8-18(19)22(20)26/h3-14H,1-2H3,(H,25,28). The second-order valence-corrected chi connectivity index (χ2v) is 8.76. The van der Waals surface area contributed by atoms with Crippen LogP contribution >= 0.6 is 11.8 Å². The predicted molar refractivity (Wildman–Crippen MR) is 115 cm³/mol. The Kier molecular flexibility index (Phi) is 5.07. The lowest BCUT2D eigenvalue weighted by Crippen LogP contribution is -2.21. The molecule has 4 rings (SSSR count). The van der Waals surface area contributed by atoms with Crippen LogP contribution in [0, 0.1) is 0 Å². The van der Waals surface area contributed by atoms with Crippen molar-refractivity contribution in [1.82, 2.24) is 0 Å². The van der Waals surface area contributed by atoms with E-state index in [9.17, 15) is 14.4 Å². The molecule has 0 radical (unpaired) electrons. The maximum absolute atomic E-state index is 12.8. The molecule has 1 amide bonds. The van der Waals surface area contributed by atoms with Crippen molar-refractivity contribution in [2.75, 3.05) is 5.32 Å². The van der Waals surface area contributed by atoms with Crippen molar-refractivity contribution < 1.29 is 14.4 Å². The summed E-state index contributed by atoms with van der Waals surface area (Å²) in [6.07, 6.45) is 0. The number of hydrogen-bond acceptors (Lipinski definition) is 4. The van der Waals surface area contributed by atoms with Crippen molar-refractivity contribution in [2.45, 2.75) is 24.0 Å². The number of nitrogens with one attached hydrogen (secondary N) is 1. The van der Waals surface area contributed by atoms with Crippen molar-refractivity contribution in [2.24, 2.45) is 0 Å². The molecule has 3 aromatic rings. The summed E-state index contributed by atoms with van der Waals surface area (Å²) in [6.45, 7) is 4.20. The van der Waals surface area contributed by atoms with Crippen molar-refractivity contribution >= 4 is 34.9 Å². The first-order valence-electron chi connectivity index (χ1n) is 9.34. The fourth-order valence-electron chi connectivity index (χ4n) is 3.36. The maximum atomic E-state index is 12.8. The van der Waals surface area contributed by atoms with Crippen molar-refractivity contribution in [3.63, 3.8) is 0 Å². The average Bonchev–Trinajstić information content (AvgIpc) is 2.71. The number of ketones is 2. The zero-order chi connectivity index (χ0) is 20.5. The summed E-state index contributed by atoms with van der Waals surface area (Å²) in [7, 11) is 0. The van der Waals surface area contributed by atoms with Crippen molar-refractivity contribution in [3.8, 4) is 0 Å². The van der Waals surface area contributed by atoms with Gasteiger partial charge in [0.2, 0.25) is 0 Å². The minimum atomic E-state index is -0.258. The summed E-state index contributed by atoms with van der Waals surface area (Å²) in [5, 5.41) is 3.25. The molecule has 0 unspecified atom stereocenters. The zero-order valence-corrected chi connectivity index (χ0v) is 16.9. The van der Waals surface area contributed by atoms with Gasteiger partial charge >= 0.3 is 0 Å². The van der Waals surface area contributed by atoms with Crippen LogP contribution in [0.3, 0.4) is 0 Å². The molecule has 144 valence electrons. The van der Waals surface area contributed by atoms with Gasteiger partial charge in [-0.3, -0.25) is 14.4 Å². The van der Waals surface area contributed by atoms with Gasteiger partial charge in [-0.15, -0.1) is 11.8 Å². The summed E-state index contributed by atoms with van der Waals surface area (Å²) in [4.78, 5) is 39.2. The van der Waals surface area contributed by atoms with Gasteiger partial charge in [0.25, 0.3) is 5.91 Å². The largest absolute Gasteiger partial charge is 0.322 e. The molecular formula is C24H19NO3S. The smallest absolute Gasteiger partial charge is 0.255 e. The Balaban J connectivity index is 1.61. The van der Waals surface area contributed by atoms with Crippen LogP contribution < -0.4 is 5.32 Å². The van der Waals surface area contributed by atoms with Gasteiger partial charge in [0, 0.05) is 43.7 Å². The number of carbonyl (C=O) groups excluding carboxylic acids is 3. The zero-order valence-electron chi connectivity index (χ0n) is 16.1. The first kappa shape index (κ1) is 19.2. The molecule has 0 heterocycles. The van der Waals surface area contributed by atoms with Gasteiger partial charge in [0.05, 0.1) is 0 Å². The topological polar surface area (TPSA) is 63.2 Å². The van der Waals surface area contributed by atoms with Crippen LogP contribution in [0.25, 0.3) is 0 Å². The summed E-state index contributed by atoms with van der Waals surface area (Å²) in [6, 6.07) is 19.1. The lowest BCUT2D eigenvalue weighted by atomic mass is 9.84. The predicted octanol–water partition coefficient (Wildman–Crippen LogP) is 5.21. The molecule has 0 saturated heterocycles. The van der Waals surface area contributed by atoms with E-state index in [0.717, 1.165) is 4.90 Å². The van der Waals surface area contributed by atoms with E-state index in [0.29, 0.717) is 38.8 Å². The molecule has 0 saturated carbocycles. The maximum Gasteiger partial charge on any atom is 0.255 e. The van der Waals surface area contributed by atoms with Gasteiger partial charge in [-0.05, 0) is 36.4 Å². The van der Waals surface area contributed by atoms with Crippen molar-refractivity contribution in [3.05, 3.63) is 94.5 Å². The van der Waals surface area contributed by atoms with Gasteiger partial charge in [-0.1, -0.05) is 44.2 Å². The van der Waals surface area contributed by atoms with Crippen LogP contribution in [0.15, 0.2) is 71.6 Å². The molecule has 3 aromatic carbocycles. The van der Waals surface area contributed by atoms with Gasteiger partial charge < -0.3 is 5.32 Å². The quantitative estimate of drug-likeness (QED) is 0.477. The number of amides is 1. The fraction of sp³-hybridized carbons (Fsp3) is 0.125. The molecule has 0 aromatic heterocycles. The first-order chi connectivity index (χ1) is 13.9. The van der Waals surface area contributed by atoms with E-state index in [1.165, 1.54) is 0 Å². The SMILES string of the molecule is CC(C)Sc1cccc(C(=O)Nc2ccc3c(c2)C(=O)c2ccccc2C3=O)c1. The molecule has 0 spiro atoms. The summed E-state index contributed by atoms with van der Waals surface area (Å²) in [5.74, 6) is -0.640. The van der Waals surface area contributed by atoms with Gasteiger partial charge in [-0.2, -0.15) is 0 Å². The molecule has 1 aliphatic carbocycles. The third kappa shape index (κ3) is 3.74. The van der Waals surface area contributed by atoms with E-state index in [4.69, 9.17) is 0 Å². The number of thioether (sulfide) groups is 1. The molecular weight excluding hydrogens is 382 g/mol. The number of carbonyl (C=O) groups is 3. The van der Waals surface area contributed by atoms with Crippen LogP contribution in [-0.4, -0.2) is 22.7 Å². The van der Waals surface area contributed by atoms with E-state index in [2.05, 4.69) is 19.2 Å². The molecule has 0 fully saturated rings. The molecule has 5 heteroatoms. The first-order valence-corrected chi connectivity index (χ1v) is 10.2. The molecule has 29 heavy (non-hydrogen) atoms. The Morgan fingerprint density at radius 3 is 2.14 bits per heavy atom. The lowest BCUT2D eigenvalue weighted by molar-refractivity contribution is 0.0979. The van der Waals surface area contributed by atoms with Crippen LogP contribution in [0.1, 0.15) is 56.0 Å². The fourth-order valence-corrected chi connectivity index (χ4v) is 4.26. The summed E-state index contributed by atoms with van der Waals surface area (Å²) >= 11 is 1.69. The van der Waals surface area contributed by atoms with E-state index < -0.39 is 0 Å². The Morgan fingerprint density at radius 2 is 1.45 bits per heavy atom. The number of anilines is 1. The highest BCUT2D eigenvalue weighted by molar-refractivity contribution is 7.99. The molecule has 0 bridgehead atoms. The molecule has 4 nitrogen and oxygen atoms in total. The Bertz CT molecular complexity index is 1150. The third-order valence-corrected chi connectivity index (χ3v) is 5.65. The van der Waals surface area contributed by atoms with E-state index in [1.807, 2.05) is 18.2 Å². The average molecular weight is 401 g/mol. The molecule has 0 atom stereocenters. The lowest BCUT2D eigenvalue weighted by Gasteiger charge is -2.18. The molecule has 0 aliphatic heterocycles. The third-order valence-electron chi connectivity index (χ3n) is 4.65. The van der Waals surface area contributed by atoms with Gasteiger partial charge in [0.15, 0.2) is 11.6 Å². The van der Waals surface area contributed by atoms with Crippen LogP contribution in [0.2, 0.25) is 0 Å². The minimum Gasteiger partial charge on any atom is -0.322 e. The van der Waals surface area contributed by atoms with Crippen LogP contribution in [0.5, 0.6) is 0 Å². The Morgan fingerprint density at radius 1 is 0.793 bits per heavy atom. The highest BCUT2D eigenvalue weighted by Gasteiger charge is 2.29. The monoisotopic (exact) mass is 401 g/mol. The number of benzene rings is 3. The highest BCUT2D eigenvalue weighted by Crippen LogP contribution is 2.29. The van der Waals surface area contributed by atoms with Gasteiger partial charge in [0.1, 0.15) is 0 Å². The number of hydrogen-bond donors (Lipinski definition) is 1. The van der Waals surface area contributed by atoms with Crippen LogP contribution in [0.4, 0.5) is 5.69 Å². The van der Waals surface area contributed by atoms with Gasteiger partial charge in [-0.25, -0.2) is 0 Å².